The van der Waals surface area contributed by atoms with Gasteiger partial charge in [0.25, 0.3) is 5.91 Å². The minimum Gasteiger partial charge on any atom is -0.468 e. The number of benzene rings is 1. The molecule has 4 rings (SSSR count). The fourth-order valence-corrected chi connectivity index (χ4v) is 4.28. The summed E-state index contributed by atoms with van der Waals surface area (Å²) in [6, 6.07) is 12.9. The molecule has 2 heterocycles. The maximum Gasteiger partial charge on any atom is 0.253 e. The number of rotatable bonds is 6. The van der Waals surface area contributed by atoms with Gasteiger partial charge in [0.05, 0.1) is 12.8 Å². The minimum atomic E-state index is 0.178. The van der Waals surface area contributed by atoms with Crippen LogP contribution >= 0.6 is 0 Å². The highest BCUT2D eigenvalue weighted by Crippen LogP contribution is 2.27. The van der Waals surface area contributed by atoms with E-state index in [1.54, 1.807) is 6.26 Å². The molecule has 0 spiro atoms. The molecule has 1 aromatic carbocycles. The van der Waals surface area contributed by atoms with E-state index in [0.717, 1.165) is 50.3 Å². The van der Waals surface area contributed by atoms with Crippen molar-refractivity contribution in [1.29, 1.82) is 0 Å². The molecule has 0 atom stereocenters. The van der Waals surface area contributed by atoms with E-state index in [0.29, 0.717) is 6.04 Å². The number of amides is 1. The van der Waals surface area contributed by atoms with E-state index in [1.807, 2.05) is 23.1 Å². The SMILES string of the molecule is O=C(c1ccc(CN(Cc2ccco2)C2CCCC2)cc1)N1CCCC1. The summed E-state index contributed by atoms with van der Waals surface area (Å²) < 4.78 is 5.58. The molecule has 1 amide bonds. The molecule has 1 saturated heterocycles. The number of hydrogen-bond donors (Lipinski definition) is 0. The second kappa shape index (κ2) is 8.09. The average molecular weight is 352 g/mol. The molecule has 2 aromatic rings. The Bertz CT molecular complexity index is 696. The van der Waals surface area contributed by atoms with Crippen LogP contribution in [0.1, 0.15) is 60.2 Å². The van der Waals surface area contributed by atoms with E-state index in [2.05, 4.69) is 23.1 Å². The lowest BCUT2D eigenvalue weighted by molar-refractivity contribution is 0.0793. The summed E-state index contributed by atoms with van der Waals surface area (Å²) in [5, 5.41) is 0. The Kier molecular flexibility index (Phi) is 5.40. The van der Waals surface area contributed by atoms with Gasteiger partial charge in [-0.15, -0.1) is 0 Å². The van der Waals surface area contributed by atoms with Gasteiger partial charge >= 0.3 is 0 Å². The van der Waals surface area contributed by atoms with Crippen molar-refractivity contribution in [3.05, 3.63) is 59.5 Å². The topological polar surface area (TPSA) is 36.7 Å². The van der Waals surface area contributed by atoms with Gasteiger partial charge in [-0.25, -0.2) is 0 Å². The molecule has 1 aliphatic heterocycles. The average Bonchev–Trinajstić information content (AvgIpc) is 3.44. The van der Waals surface area contributed by atoms with Gasteiger partial charge in [-0.05, 0) is 55.5 Å². The maximum atomic E-state index is 12.5. The van der Waals surface area contributed by atoms with Crippen molar-refractivity contribution in [3.8, 4) is 0 Å². The molecule has 2 fully saturated rings. The van der Waals surface area contributed by atoms with Crippen LogP contribution in [-0.2, 0) is 13.1 Å². The molecule has 0 radical (unpaired) electrons. The van der Waals surface area contributed by atoms with E-state index >= 15 is 0 Å². The molecule has 0 N–H and O–H groups in total. The van der Waals surface area contributed by atoms with Crippen molar-refractivity contribution >= 4 is 5.91 Å². The Labute approximate surface area is 155 Å². The van der Waals surface area contributed by atoms with Crippen LogP contribution in [0, 0.1) is 0 Å². The summed E-state index contributed by atoms with van der Waals surface area (Å²) in [5.74, 6) is 1.20. The second-order valence-corrected chi connectivity index (χ2v) is 7.62. The van der Waals surface area contributed by atoms with Crippen LogP contribution in [0.5, 0.6) is 0 Å². The van der Waals surface area contributed by atoms with Crippen LogP contribution < -0.4 is 0 Å². The predicted octanol–water partition coefficient (Wildman–Crippen LogP) is 4.46. The molecule has 1 aromatic heterocycles. The van der Waals surface area contributed by atoms with Crippen LogP contribution in [0.25, 0.3) is 0 Å². The highest BCUT2D eigenvalue weighted by Gasteiger charge is 2.24. The number of furan rings is 1. The van der Waals surface area contributed by atoms with E-state index in [1.165, 1.54) is 31.2 Å². The first-order valence-electron chi connectivity index (χ1n) is 9.94. The van der Waals surface area contributed by atoms with Gasteiger partial charge in [0.15, 0.2) is 0 Å². The van der Waals surface area contributed by atoms with Crippen molar-refractivity contribution in [2.75, 3.05) is 13.1 Å². The first kappa shape index (κ1) is 17.3. The normalized spacial score (nSPS) is 18.1. The summed E-state index contributed by atoms with van der Waals surface area (Å²) >= 11 is 0. The predicted molar refractivity (Wildman–Crippen MR) is 102 cm³/mol. The molecule has 4 nitrogen and oxygen atoms in total. The van der Waals surface area contributed by atoms with Crippen molar-refractivity contribution in [2.24, 2.45) is 0 Å². The van der Waals surface area contributed by atoms with Crippen LogP contribution in [-0.4, -0.2) is 34.8 Å². The van der Waals surface area contributed by atoms with Crippen LogP contribution in [0.4, 0.5) is 0 Å². The van der Waals surface area contributed by atoms with Gasteiger partial charge in [0.2, 0.25) is 0 Å². The summed E-state index contributed by atoms with van der Waals surface area (Å²) in [7, 11) is 0. The summed E-state index contributed by atoms with van der Waals surface area (Å²) in [5.41, 5.74) is 2.08. The molecule has 4 heteroatoms. The van der Waals surface area contributed by atoms with Gasteiger partial charge < -0.3 is 9.32 Å². The van der Waals surface area contributed by atoms with Gasteiger partial charge in [0, 0.05) is 31.2 Å². The first-order chi connectivity index (χ1) is 12.8. The van der Waals surface area contributed by atoms with Gasteiger partial charge in [-0.1, -0.05) is 25.0 Å². The smallest absolute Gasteiger partial charge is 0.253 e. The molecule has 1 aliphatic carbocycles. The fraction of sp³-hybridized carbons (Fsp3) is 0.500. The number of nitrogens with zero attached hydrogens (tertiary/aromatic N) is 2. The van der Waals surface area contributed by atoms with Crippen molar-refractivity contribution in [1.82, 2.24) is 9.80 Å². The Hall–Kier alpha value is -2.07. The van der Waals surface area contributed by atoms with E-state index in [4.69, 9.17) is 4.42 Å². The van der Waals surface area contributed by atoms with E-state index in [-0.39, 0.29) is 5.91 Å². The number of carbonyl (C=O) groups is 1. The fourth-order valence-electron chi connectivity index (χ4n) is 4.28. The van der Waals surface area contributed by atoms with E-state index in [9.17, 15) is 4.79 Å². The minimum absolute atomic E-state index is 0.178. The Morgan fingerprint density at radius 1 is 1.00 bits per heavy atom. The standard InChI is InChI=1S/C22H28N2O2/c25-22(23-13-3-4-14-23)19-11-9-18(10-12-19)16-24(20-6-1-2-7-20)17-21-8-5-15-26-21/h5,8-12,15,20H,1-4,6-7,13-14,16-17H2. The largest absolute Gasteiger partial charge is 0.468 e. The third kappa shape index (κ3) is 4.01. The van der Waals surface area contributed by atoms with Crippen molar-refractivity contribution in [3.63, 3.8) is 0 Å². The van der Waals surface area contributed by atoms with Crippen molar-refractivity contribution in [2.45, 2.75) is 57.7 Å². The zero-order chi connectivity index (χ0) is 17.8. The number of carbonyl (C=O) groups excluding carboxylic acids is 1. The van der Waals surface area contributed by atoms with Crippen molar-refractivity contribution < 1.29 is 9.21 Å². The Morgan fingerprint density at radius 3 is 2.38 bits per heavy atom. The number of hydrogen-bond acceptors (Lipinski definition) is 3. The maximum absolute atomic E-state index is 12.5. The second-order valence-electron chi connectivity index (χ2n) is 7.62. The summed E-state index contributed by atoms with van der Waals surface area (Å²) in [6.45, 7) is 3.56. The van der Waals surface area contributed by atoms with Gasteiger partial charge in [-0.2, -0.15) is 0 Å². The third-order valence-electron chi connectivity index (χ3n) is 5.76. The molecule has 2 aliphatic rings. The first-order valence-corrected chi connectivity index (χ1v) is 9.94. The Balaban J connectivity index is 1.43. The molecule has 0 bridgehead atoms. The van der Waals surface area contributed by atoms with Crippen LogP contribution in [0.2, 0.25) is 0 Å². The van der Waals surface area contributed by atoms with Gasteiger partial charge in [-0.3, -0.25) is 9.69 Å². The van der Waals surface area contributed by atoms with Crippen LogP contribution in [0.3, 0.4) is 0 Å². The molecule has 1 saturated carbocycles. The third-order valence-corrected chi connectivity index (χ3v) is 5.76. The molecule has 0 unspecified atom stereocenters. The quantitative estimate of drug-likeness (QED) is 0.770. The molecule has 26 heavy (non-hydrogen) atoms. The monoisotopic (exact) mass is 352 g/mol. The zero-order valence-electron chi connectivity index (χ0n) is 15.4. The molecular weight excluding hydrogens is 324 g/mol. The molecule has 138 valence electrons. The number of likely N-dealkylation sites (tertiary alicyclic amines) is 1. The van der Waals surface area contributed by atoms with E-state index < -0.39 is 0 Å². The lowest BCUT2D eigenvalue weighted by Crippen LogP contribution is -2.32. The summed E-state index contributed by atoms with van der Waals surface area (Å²) in [4.78, 5) is 17.0. The van der Waals surface area contributed by atoms with Gasteiger partial charge in [0.1, 0.15) is 5.76 Å². The highest BCUT2D eigenvalue weighted by molar-refractivity contribution is 5.94. The highest BCUT2D eigenvalue weighted by atomic mass is 16.3. The lowest BCUT2D eigenvalue weighted by Gasteiger charge is -2.28. The lowest BCUT2D eigenvalue weighted by atomic mass is 10.1. The van der Waals surface area contributed by atoms with Crippen LogP contribution in [0.15, 0.2) is 47.1 Å². The Morgan fingerprint density at radius 2 is 1.73 bits per heavy atom. The summed E-state index contributed by atoms with van der Waals surface area (Å²) in [6.07, 6.45) is 9.20. The molecular formula is C22H28N2O2. The zero-order valence-corrected chi connectivity index (χ0v) is 15.4.